The highest BCUT2D eigenvalue weighted by Gasteiger charge is 2.45. The zero-order valence-corrected chi connectivity index (χ0v) is 20.9. The molecule has 0 bridgehead atoms. The molecule has 2 nitrogen and oxygen atoms in total. The lowest BCUT2D eigenvalue weighted by Crippen LogP contribution is -2.32. The van der Waals surface area contributed by atoms with Gasteiger partial charge in [-0.25, -0.2) is 0 Å². The number of para-hydroxylation sites is 1. The van der Waals surface area contributed by atoms with E-state index in [1.54, 1.807) is 0 Å². The average molecular weight is 488 g/mol. The molecular formula is C33H28O2P+. The van der Waals surface area contributed by atoms with E-state index in [4.69, 9.17) is 4.74 Å². The molecule has 0 aliphatic carbocycles. The standard InChI is InChI=1S/C33H28O2P/c34-32(27-15-5-1-6-16-27)25-35-33-24-14-13-17-28(33)26-36(29-18-7-2-8-19-29,30-20-9-3-10-21-30)31-22-11-4-12-23-31/h1-24H,25-26H2/q+1. The summed E-state index contributed by atoms with van der Waals surface area (Å²) in [5, 5.41) is 3.95. The fourth-order valence-electron chi connectivity index (χ4n) is 4.65. The third-order valence-electron chi connectivity index (χ3n) is 6.43. The number of rotatable bonds is 9. The summed E-state index contributed by atoms with van der Waals surface area (Å²) in [6.45, 7) is 0.00841. The molecule has 0 aliphatic rings. The molecule has 0 radical (unpaired) electrons. The van der Waals surface area contributed by atoms with E-state index in [-0.39, 0.29) is 12.4 Å². The van der Waals surface area contributed by atoms with Gasteiger partial charge in [0.05, 0.1) is 0 Å². The molecular weight excluding hydrogens is 459 g/mol. The van der Waals surface area contributed by atoms with Crippen LogP contribution in [-0.2, 0) is 6.16 Å². The Morgan fingerprint density at radius 1 is 0.528 bits per heavy atom. The molecule has 0 aromatic heterocycles. The third kappa shape index (κ3) is 5.00. The second kappa shape index (κ2) is 11.2. The summed E-state index contributed by atoms with van der Waals surface area (Å²) in [5.74, 6) is 0.731. The lowest BCUT2D eigenvalue weighted by Gasteiger charge is -2.28. The highest BCUT2D eigenvalue weighted by atomic mass is 31.2. The summed E-state index contributed by atoms with van der Waals surface area (Å²) in [6.07, 6.45) is 0.792. The van der Waals surface area contributed by atoms with E-state index in [9.17, 15) is 4.79 Å². The van der Waals surface area contributed by atoms with Gasteiger partial charge < -0.3 is 4.74 Å². The van der Waals surface area contributed by atoms with Crippen molar-refractivity contribution in [1.29, 1.82) is 0 Å². The zero-order valence-electron chi connectivity index (χ0n) is 20.0. The van der Waals surface area contributed by atoms with Gasteiger partial charge in [0.15, 0.2) is 12.4 Å². The number of ether oxygens (including phenoxy) is 1. The van der Waals surface area contributed by atoms with Crippen LogP contribution in [-0.4, -0.2) is 12.4 Å². The molecule has 0 spiro atoms. The molecule has 5 aromatic rings. The quantitative estimate of drug-likeness (QED) is 0.177. The van der Waals surface area contributed by atoms with Crippen LogP contribution in [0.3, 0.4) is 0 Å². The van der Waals surface area contributed by atoms with Crippen molar-refractivity contribution in [2.75, 3.05) is 6.61 Å². The molecule has 0 saturated heterocycles. The monoisotopic (exact) mass is 487 g/mol. The zero-order chi connectivity index (χ0) is 24.6. The summed E-state index contributed by atoms with van der Waals surface area (Å²) < 4.78 is 6.18. The van der Waals surface area contributed by atoms with E-state index in [1.807, 2.05) is 42.5 Å². The fourth-order valence-corrected chi connectivity index (χ4v) is 8.91. The maximum Gasteiger partial charge on any atom is 0.200 e. The second-order valence-electron chi connectivity index (χ2n) is 8.66. The number of hydrogen-bond donors (Lipinski definition) is 0. The molecule has 0 saturated carbocycles. The first-order valence-corrected chi connectivity index (χ1v) is 14.1. The molecule has 0 atom stereocenters. The molecule has 176 valence electrons. The first-order chi connectivity index (χ1) is 17.8. The molecule has 0 aliphatic heterocycles. The van der Waals surface area contributed by atoms with Crippen LogP contribution >= 0.6 is 7.26 Å². The van der Waals surface area contributed by atoms with Crippen molar-refractivity contribution in [2.45, 2.75) is 6.16 Å². The van der Waals surface area contributed by atoms with Crippen molar-refractivity contribution in [3.63, 3.8) is 0 Å². The average Bonchev–Trinajstić information content (AvgIpc) is 2.97. The SMILES string of the molecule is O=C(COc1ccccc1C[P+](c1ccccc1)(c1ccccc1)c1ccccc1)c1ccccc1. The van der Waals surface area contributed by atoms with E-state index >= 15 is 0 Å². The summed E-state index contributed by atoms with van der Waals surface area (Å²) in [6, 6.07) is 49.9. The predicted octanol–water partition coefficient (Wildman–Crippen LogP) is 6.44. The van der Waals surface area contributed by atoms with E-state index in [0.29, 0.717) is 5.56 Å². The van der Waals surface area contributed by atoms with Crippen LogP contribution in [0.15, 0.2) is 146 Å². The number of carbonyl (C=O) groups is 1. The number of ketones is 1. The van der Waals surface area contributed by atoms with Gasteiger partial charge in [0.2, 0.25) is 0 Å². The van der Waals surface area contributed by atoms with Crippen LogP contribution in [0.2, 0.25) is 0 Å². The first kappa shape index (κ1) is 23.7. The number of Topliss-reactive ketones (excluding diaryl/α,β-unsaturated/α-hetero) is 1. The molecule has 0 unspecified atom stereocenters. The van der Waals surface area contributed by atoms with Gasteiger partial charge in [-0.2, -0.15) is 0 Å². The lowest BCUT2D eigenvalue weighted by molar-refractivity contribution is 0.0921. The molecule has 36 heavy (non-hydrogen) atoms. The van der Waals surface area contributed by atoms with E-state index in [1.165, 1.54) is 15.9 Å². The van der Waals surface area contributed by atoms with E-state index in [2.05, 4.69) is 103 Å². The van der Waals surface area contributed by atoms with Crippen molar-refractivity contribution in [3.8, 4) is 5.75 Å². The summed E-state index contributed by atoms with van der Waals surface area (Å²) in [4.78, 5) is 12.8. The molecule has 5 aromatic carbocycles. The molecule has 0 N–H and O–H groups in total. The Balaban J connectivity index is 1.58. The number of benzene rings is 5. The van der Waals surface area contributed by atoms with Gasteiger partial charge >= 0.3 is 0 Å². The van der Waals surface area contributed by atoms with Gasteiger partial charge in [-0.1, -0.05) is 103 Å². The van der Waals surface area contributed by atoms with Gasteiger partial charge in [-0.3, -0.25) is 4.79 Å². The first-order valence-electron chi connectivity index (χ1n) is 12.1. The predicted molar refractivity (Wildman–Crippen MR) is 152 cm³/mol. The van der Waals surface area contributed by atoms with Crippen LogP contribution < -0.4 is 20.7 Å². The van der Waals surface area contributed by atoms with Crippen LogP contribution in [0.1, 0.15) is 15.9 Å². The highest BCUT2D eigenvalue weighted by molar-refractivity contribution is 7.95. The van der Waals surface area contributed by atoms with Gasteiger partial charge in [0.1, 0.15) is 35.1 Å². The number of hydrogen-bond acceptors (Lipinski definition) is 2. The fraction of sp³-hybridized carbons (Fsp3) is 0.0606. The van der Waals surface area contributed by atoms with Gasteiger partial charge in [-0.15, -0.1) is 0 Å². The Kier molecular flexibility index (Phi) is 7.36. The minimum Gasteiger partial charge on any atom is -0.485 e. The second-order valence-corrected chi connectivity index (χ2v) is 12.1. The van der Waals surface area contributed by atoms with E-state index < -0.39 is 7.26 Å². The number of carbonyl (C=O) groups excluding carboxylic acids is 1. The Morgan fingerprint density at radius 3 is 1.44 bits per heavy atom. The Bertz CT molecular complexity index is 1310. The topological polar surface area (TPSA) is 26.3 Å². The van der Waals surface area contributed by atoms with Crippen molar-refractivity contribution < 1.29 is 9.53 Å². The Morgan fingerprint density at radius 2 is 0.944 bits per heavy atom. The van der Waals surface area contributed by atoms with Gasteiger partial charge in [0.25, 0.3) is 0 Å². The van der Waals surface area contributed by atoms with E-state index in [0.717, 1.165) is 17.5 Å². The summed E-state index contributed by atoms with van der Waals surface area (Å²) >= 11 is 0. The highest BCUT2D eigenvalue weighted by Crippen LogP contribution is 2.58. The normalized spacial score (nSPS) is 11.1. The molecule has 0 amide bonds. The van der Waals surface area contributed by atoms with Gasteiger partial charge in [0, 0.05) is 11.1 Å². The maximum absolute atomic E-state index is 12.8. The molecule has 0 fully saturated rings. The molecule has 5 rings (SSSR count). The van der Waals surface area contributed by atoms with Crippen molar-refractivity contribution in [2.24, 2.45) is 0 Å². The molecule has 3 heteroatoms. The largest absolute Gasteiger partial charge is 0.485 e. The maximum atomic E-state index is 12.8. The molecule has 0 heterocycles. The van der Waals surface area contributed by atoms with Crippen molar-refractivity contribution >= 4 is 29.0 Å². The van der Waals surface area contributed by atoms with Crippen molar-refractivity contribution in [3.05, 3.63) is 157 Å². The van der Waals surface area contributed by atoms with Crippen LogP contribution in [0.25, 0.3) is 0 Å². The van der Waals surface area contributed by atoms with Gasteiger partial charge in [-0.05, 0) is 42.5 Å². The van der Waals surface area contributed by atoms with Crippen LogP contribution in [0.4, 0.5) is 0 Å². The van der Waals surface area contributed by atoms with Crippen LogP contribution in [0.5, 0.6) is 5.75 Å². The Labute approximate surface area is 213 Å². The van der Waals surface area contributed by atoms with Crippen molar-refractivity contribution in [1.82, 2.24) is 0 Å². The van der Waals surface area contributed by atoms with Crippen LogP contribution in [0, 0.1) is 0 Å². The lowest BCUT2D eigenvalue weighted by atomic mass is 10.1. The minimum atomic E-state index is -2.07. The smallest absolute Gasteiger partial charge is 0.200 e. The summed E-state index contributed by atoms with van der Waals surface area (Å²) in [7, 11) is -2.07. The minimum absolute atomic E-state index is 0.00841. The third-order valence-corrected chi connectivity index (χ3v) is 10.8. The summed E-state index contributed by atoms with van der Waals surface area (Å²) in [5.41, 5.74) is 1.76. The Hall–Kier alpha value is -4.00.